The Morgan fingerprint density at radius 1 is 1.50 bits per heavy atom. The zero-order chi connectivity index (χ0) is 9.97. The lowest BCUT2D eigenvalue weighted by atomic mass is 9.93. The molecule has 1 aliphatic carbocycles. The van der Waals surface area contributed by atoms with E-state index in [1.165, 1.54) is 0 Å². The van der Waals surface area contributed by atoms with Gasteiger partial charge in [0.2, 0.25) is 0 Å². The van der Waals surface area contributed by atoms with Crippen LogP contribution in [0.15, 0.2) is 23.5 Å². The lowest BCUT2D eigenvalue weighted by Gasteiger charge is -2.26. The van der Waals surface area contributed by atoms with Gasteiger partial charge in [0.25, 0.3) is 0 Å². The first-order chi connectivity index (χ1) is 6.81. The summed E-state index contributed by atoms with van der Waals surface area (Å²) in [6, 6.07) is 0. The molecule has 2 aliphatic rings. The molecule has 0 unspecified atom stereocenters. The van der Waals surface area contributed by atoms with E-state index in [4.69, 9.17) is 4.74 Å². The Balaban J connectivity index is 2.12. The molecule has 2 rings (SSSR count). The first-order valence-electron chi connectivity index (χ1n) is 5.42. The molecule has 1 heterocycles. The topological polar surface area (TPSA) is 26.3 Å². The highest BCUT2D eigenvalue weighted by molar-refractivity contribution is 5.99. The first-order valence-corrected chi connectivity index (χ1v) is 5.42. The molecule has 1 atom stereocenters. The van der Waals surface area contributed by atoms with E-state index in [9.17, 15) is 4.79 Å². The molecule has 14 heavy (non-hydrogen) atoms. The number of ether oxygens (including phenoxy) is 1. The van der Waals surface area contributed by atoms with Gasteiger partial charge < -0.3 is 4.74 Å². The summed E-state index contributed by atoms with van der Waals surface area (Å²) in [5.41, 5.74) is 0.823. The zero-order valence-corrected chi connectivity index (χ0v) is 8.58. The molecular formula is C12H16O2. The van der Waals surface area contributed by atoms with E-state index in [-0.39, 0.29) is 11.9 Å². The van der Waals surface area contributed by atoms with Crippen LogP contribution >= 0.6 is 0 Å². The Bertz CT molecular complexity index is 299. The van der Waals surface area contributed by atoms with Crippen molar-refractivity contribution >= 4 is 5.78 Å². The molecule has 0 fully saturated rings. The number of Topliss-reactive ketones (excluding diaryl/α,β-unsaturated/α-hetero) is 1. The molecule has 0 spiro atoms. The van der Waals surface area contributed by atoms with E-state index < -0.39 is 0 Å². The molecule has 0 aromatic heterocycles. The highest BCUT2D eigenvalue weighted by Gasteiger charge is 2.24. The molecule has 0 radical (unpaired) electrons. The minimum Gasteiger partial charge on any atom is -0.490 e. The van der Waals surface area contributed by atoms with Crippen LogP contribution < -0.4 is 0 Å². The Morgan fingerprint density at radius 2 is 2.36 bits per heavy atom. The van der Waals surface area contributed by atoms with Crippen molar-refractivity contribution in [3.63, 3.8) is 0 Å². The monoisotopic (exact) mass is 192 g/mol. The van der Waals surface area contributed by atoms with E-state index in [0.29, 0.717) is 6.42 Å². The Kier molecular flexibility index (Phi) is 2.71. The third kappa shape index (κ3) is 1.74. The van der Waals surface area contributed by atoms with E-state index in [1.807, 2.05) is 12.2 Å². The van der Waals surface area contributed by atoms with Crippen molar-refractivity contribution in [2.75, 3.05) is 0 Å². The number of hydrogen-bond acceptors (Lipinski definition) is 2. The summed E-state index contributed by atoms with van der Waals surface area (Å²) >= 11 is 0. The van der Waals surface area contributed by atoms with Gasteiger partial charge in [0.15, 0.2) is 5.78 Å². The maximum Gasteiger partial charge on any atom is 0.166 e. The van der Waals surface area contributed by atoms with Gasteiger partial charge in [-0.25, -0.2) is 0 Å². The number of ketones is 1. The molecule has 0 saturated carbocycles. The number of hydrogen-bond donors (Lipinski definition) is 0. The first kappa shape index (κ1) is 9.50. The van der Waals surface area contributed by atoms with E-state index in [0.717, 1.165) is 37.0 Å². The van der Waals surface area contributed by atoms with Gasteiger partial charge in [0.05, 0.1) is 5.57 Å². The van der Waals surface area contributed by atoms with Crippen LogP contribution in [0.5, 0.6) is 0 Å². The second-order valence-electron chi connectivity index (χ2n) is 3.92. The van der Waals surface area contributed by atoms with Crippen LogP contribution in [0, 0.1) is 0 Å². The molecule has 76 valence electrons. The quantitative estimate of drug-likeness (QED) is 0.672. The van der Waals surface area contributed by atoms with Gasteiger partial charge in [-0.15, -0.1) is 0 Å². The molecular weight excluding hydrogens is 176 g/mol. The molecule has 0 aromatic carbocycles. The van der Waals surface area contributed by atoms with Crippen LogP contribution in [0.1, 0.15) is 39.0 Å². The van der Waals surface area contributed by atoms with Crippen molar-refractivity contribution in [2.24, 2.45) is 0 Å². The smallest absolute Gasteiger partial charge is 0.166 e. The molecule has 2 heteroatoms. The molecule has 0 amide bonds. The molecule has 0 saturated heterocycles. The van der Waals surface area contributed by atoms with Gasteiger partial charge >= 0.3 is 0 Å². The van der Waals surface area contributed by atoms with Crippen LogP contribution in [-0.2, 0) is 9.53 Å². The summed E-state index contributed by atoms with van der Waals surface area (Å²) < 4.78 is 5.77. The maximum absolute atomic E-state index is 11.5. The van der Waals surface area contributed by atoms with E-state index in [1.54, 1.807) is 0 Å². The highest BCUT2D eigenvalue weighted by Crippen LogP contribution is 2.29. The van der Waals surface area contributed by atoms with Crippen molar-refractivity contribution in [3.8, 4) is 0 Å². The SMILES string of the molecule is CCC[C@H]1C=CC2=C(CCCC2=O)O1. The molecule has 2 nitrogen and oxygen atoms in total. The predicted molar refractivity (Wildman–Crippen MR) is 54.8 cm³/mol. The molecule has 0 aromatic rings. The summed E-state index contributed by atoms with van der Waals surface area (Å²) in [4.78, 5) is 11.5. The lowest BCUT2D eigenvalue weighted by Crippen LogP contribution is -2.20. The number of carbonyl (C=O) groups is 1. The maximum atomic E-state index is 11.5. The van der Waals surface area contributed by atoms with Gasteiger partial charge in [-0.2, -0.15) is 0 Å². The van der Waals surface area contributed by atoms with Gasteiger partial charge in [0.1, 0.15) is 11.9 Å². The Morgan fingerprint density at radius 3 is 3.14 bits per heavy atom. The second kappa shape index (κ2) is 3.99. The summed E-state index contributed by atoms with van der Waals surface area (Å²) in [6.07, 6.45) is 8.91. The van der Waals surface area contributed by atoms with Crippen molar-refractivity contribution in [1.82, 2.24) is 0 Å². The fourth-order valence-electron chi connectivity index (χ4n) is 2.01. The molecule has 1 aliphatic heterocycles. The normalized spacial score (nSPS) is 26.1. The number of carbonyl (C=O) groups excluding carboxylic acids is 1. The Labute approximate surface area is 84.6 Å². The third-order valence-electron chi connectivity index (χ3n) is 2.75. The third-order valence-corrected chi connectivity index (χ3v) is 2.75. The summed E-state index contributed by atoms with van der Waals surface area (Å²) in [7, 11) is 0. The van der Waals surface area contributed by atoms with Crippen LogP contribution in [0.2, 0.25) is 0 Å². The Hall–Kier alpha value is -1.05. The number of rotatable bonds is 2. The van der Waals surface area contributed by atoms with Gasteiger partial charge in [-0.05, 0) is 25.0 Å². The average Bonchev–Trinajstić information content (AvgIpc) is 2.18. The van der Waals surface area contributed by atoms with E-state index in [2.05, 4.69) is 6.92 Å². The summed E-state index contributed by atoms with van der Waals surface area (Å²) in [6.45, 7) is 2.15. The van der Waals surface area contributed by atoms with Crippen LogP contribution in [0.25, 0.3) is 0 Å². The summed E-state index contributed by atoms with van der Waals surface area (Å²) in [5, 5.41) is 0. The highest BCUT2D eigenvalue weighted by atomic mass is 16.5. The lowest BCUT2D eigenvalue weighted by molar-refractivity contribution is -0.116. The largest absolute Gasteiger partial charge is 0.490 e. The van der Waals surface area contributed by atoms with Crippen LogP contribution in [0.3, 0.4) is 0 Å². The van der Waals surface area contributed by atoms with Crippen LogP contribution in [0.4, 0.5) is 0 Å². The van der Waals surface area contributed by atoms with Crippen molar-refractivity contribution in [1.29, 1.82) is 0 Å². The fourth-order valence-corrected chi connectivity index (χ4v) is 2.01. The fraction of sp³-hybridized carbons (Fsp3) is 0.583. The summed E-state index contributed by atoms with van der Waals surface area (Å²) in [5.74, 6) is 1.18. The van der Waals surface area contributed by atoms with Gasteiger partial charge in [-0.1, -0.05) is 13.3 Å². The second-order valence-corrected chi connectivity index (χ2v) is 3.92. The van der Waals surface area contributed by atoms with Gasteiger partial charge in [0, 0.05) is 12.8 Å². The number of allylic oxidation sites excluding steroid dienone is 3. The van der Waals surface area contributed by atoms with Crippen molar-refractivity contribution in [3.05, 3.63) is 23.5 Å². The van der Waals surface area contributed by atoms with E-state index >= 15 is 0 Å². The molecule has 0 bridgehead atoms. The standard InChI is InChI=1S/C12H16O2/c1-2-4-9-7-8-10-11(13)5-3-6-12(10)14-9/h7-9H,2-6H2,1H3/t9-/m0/s1. The van der Waals surface area contributed by atoms with Gasteiger partial charge in [-0.3, -0.25) is 4.79 Å². The average molecular weight is 192 g/mol. The molecule has 0 N–H and O–H groups in total. The minimum atomic E-state index is 0.199. The zero-order valence-electron chi connectivity index (χ0n) is 8.58. The van der Waals surface area contributed by atoms with Crippen molar-refractivity contribution < 1.29 is 9.53 Å². The predicted octanol–water partition coefficient (Wildman–Crippen LogP) is 2.75. The van der Waals surface area contributed by atoms with Crippen molar-refractivity contribution in [2.45, 2.75) is 45.1 Å². The van der Waals surface area contributed by atoms with Crippen LogP contribution in [-0.4, -0.2) is 11.9 Å². The minimum absolute atomic E-state index is 0.199.